The Morgan fingerprint density at radius 3 is 0.818 bits per heavy atom. The van der Waals surface area contributed by atoms with E-state index in [1.807, 2.05) is 0 Å². The largest absolute Gasteiger partial charge is 2.00 e. The van der Waals surface area contributed by atoms with Gasteiger partial charge >= 0.3 is 74.4 Å². The molecule has 0 saturated carbocycles. The molecule has 0 aliphatic rings. The Balaban J connectivity index is -0.00000000533. The molecule has 0 aliphatic heterocycles. The maximum atomic E-state index is 8.52. The fourth-order valence-corrected chi connectivity index (χ4v) is 0. The maximum absolute atomic E-state index is 8.52. The molecule has 0 amide bonds. The third-order valence-corrected chi connectivity index (χ3v) is 0. The molecule has 0 unspecified atom stereocenters. The molecule has 64 valence electrons. The van der Waals surface area contributed by atoms with Crippen LogP contribution < -0.4 is 51.4 Å². The van der Waals surface area contributed by atoms with Gasteiger partial charge in [0.25, 0.3) is 0 Å². The molecule has 0 fully saturated rings. The van der Waals surface area contributed by atoms with Crippen LogP contribution in [0.5, 0.6) is 0 Å². The minimum Gasteiger partial charge on any atom is -0.759 e. The SMILES string of the molecule is O.O.O.O.O=S(=O)([O-])[O-].[K+].[Mg+2]. The Morgan fingerprint density at radius 1 is 0.818 bits per heavy atom. The standard InChI is InChI=1S/K.Mg.H2O4S.4H2O/c;;1-5(2,3)4;;;;/h;;(H2,1,2,3,4);4*1H2/q+1;+2;;;;;/p-2. The van der Waals surface area contributed by atoms with Gasteiger partial charge in [-0.3, -0.25) is 8.42 Å². The molecular weight excluding hydrogens is 223 g/mol. The first kappa shape index (κ1) is 51.5. The molecular formula is H8KMgO8S+. The van der Waals surface area contributed by atoms with Crippen LogP contribution in [0.4, 0.5) is 0 Å². The molecule has 0 heterocycles. The number of hydrogen-bond donors (Lipinski definition) is 0. The monoisotopic (exact) mass is 231 g/mol. The van der Waals surface area contributed by atoms with Crippen molar-refractivity contribution in [1.82, 2.24) is 0 Å². The van der Waals surface area contributed by atoms with Crippen molar-refractivity contribution < 1.29 is 90.8 Å². The Labute approximate surface area is 122 Å². The first-order chi connectivity index (χ1) is 2.00. The average Bonchev–Trinajstić information content (AvgIpc) is 0.722. The van der Waals surface area contributed by atoms with Crippen molar-refractivity contribution in [1.29, 1.82) is 0 Å². The van der Waals surface area contributed by atoms with Crippen LogP contribution in [0.25, 0.3) is 0 Å². The van der Waals surface area contributed by atoms with Crippen LogP contribution >= 0.6 is 0 Å². The van der Waals surface area contributed by atoms with Gasteiger partial charge in [0.15, 0.2) is 0 Å². The van der Waals surface area contributed by atoms with Gasteiger partial charge in [0.1, 0.15) is 0 Å². The zero-order valence-electron chi connectivity index (χ0n) is 5.75. The molecule has 0 atom stereocenters. The Kier molecular flexibility index (Phi) is 106. The zero-order chi connectivity index (χ0) is 4.50. The van der Waals surface area contributed by atoms with E-state index in [1.165, 1.54) is 0 Å². The normalized spacial score (nSPS) is 5.27. The Morgan fingerprint density at radius 2 is 0.818 bits per heavy atom. The molecule has 11 heteroatoms. The van der Waals surface area contributed by atoms with Gasteiger partial charge < -0.3 is 31.0 Å². The summed E-state index contributed by atoms with van der Waals surface area (Å²) in [5.41, 5.74) is 0. The summed E-state index contributed by atoms with van der Waals surface area (Å²) in [4.78, 5) is 0. The zero-order valence-corrected chi connectivity index (χ0v) is 11.1. The molecule has 0 saturated heterocycles. The van der Waals surface area contributed by atoms with Crippen molar-refractivity contribution in [3.63, 3.8) is 0 Å². The molecule has 0 aromatic carbocycles. The van der Waals surface area contributed by atoms with Crippen LogP contribution in [0, 0.1) is 0 Å². The molecule has 0 radical (unpaired) electrons. The molecule has 0 aliphatic carbocycles. The van der Waals surface area contributed by atoms with E-state index in [9.17, 15) is 0 Å². The van der Waals surface area contributed by atoms with E-state index in [0.717, 1.165) is 0 Å². The number of rotatable bonds is 0. The first-order valence-electron chi connectivity index (χ1n) is 0.667. The van der Waals surface area contributed by atoms with E-state index >= 15 is 0 Å². The molecule has 11 heavy (non-hydrogen) atoms. The molecule has 0 bridgehead atoms. The summed E-state index contributed by atoms with van der Waals surface area (Å²) < 4.78 is 34.1. The van der Waals surface area contributed by atoms with E-state index in [1.54, 1.807) is 0 Å². The first-order valence-corrected chi connectivity index (χ1v) is 2.00. The van der Waals surface area contributed by atoms with E-state index in [4.69, 9.17) is 17.5 Å². The second-order valence-electron chi connectivity index (χ2n) is 0.408. The van der Waals surface area contributed by atoms with Gasteiger partial charge in [-0.1, -0.05) is 0 Å². The van der Waals surface area contributed by atoms with Gasteiger partial charge in [-0.15, -0.1) is 0 Å². The summed E-state index contributed by atoms with van der Waals surface area (Å²) in [5.74, 6) is 0. The van der Waals surface area contributed by atoms with Crippen molar-refractivity contribution in [3.8, 4) is 0 Å². The van der Waals surface area contributed by atoms with Gasteiger partial charge in [-0.2, -0.15) is 0 Å². The van der Waals surface area contributed by atoms with Crippen LogP contribution in [-0.4, -0.2) is 62.5 Å². The van der Waals surface area contributed by atoms with Gasteiger partial charge in [-0.05, 0) is 0 Å². The van der Waals surface area contributed by atoms with Crippen molar-refractivity contribution in [2.24, 2.45) is 0 Å². The van der Waals surface area contributed by atoms with Crippen molar-refractivity contribution in [2.75, 3.05) is 0 Å². The second kappa shape index (κ2) is 22.7. The minimum absolute atomic E-state index is 0. The number of hydrogen-bond acceptors (Lipinski definition) is 4. The fraction of sp³-hybridized carbons (Fsp3) is 0. The van der Waals surface area contributed by atoms with Crippen LogP contribution in [0.3, 0.4) is 0 Å². The fourth-order valence-electron chi connectivity index (χ4n) is 0. The van der Waals surface area contributed by atoms with Crippen LogP contribution in [0.2, 0.25) is 0 Å². The molecule has 0 spiro atoms. The summed E-state index contributed by atoms with van der Waals surface area (Å²) >= 11 is 0. The van der Waals surface area contributed by atoms with Crippen molar-refractivity contribution in [2.45, 2.75) is 0 Å². The van der Waals surface area contributed by atoms with Crippen molar-refractivity contribution >= 4 is 33.5 Å². The van der Waals surface area contributed by atoms with Gasteiger partial charge in [0.05, 0.1) is 0 Å². The summed E-state index contributed by atoms with van der Waals surface area (Å²) in [5, 5.41) is 0. The Bertz CT molecular complexity index is 97.3. The van der Waals surface area contributed by atoms with E-state index in [2.05, 4.69) is 0 Å². The molecule has 8 nitrogen and oxygen atoms in total. The summed E-state index contributed by atoms with van der Waals surface area (Å²) in [6, 6.07) is 0. The smallest absolute Gasteiger partial charge is 0.759 e. The van der Waals surface area contributed by atoms with E-state index in [0.29, 0.717) is 0 Å². The minimum atomic E-state index is -5.17. The van der Waals surface area contributed by atoms with Crippen LogP contribution in [0.1, 0.15) is 0 Å². The summed E-state index contributed by atoms with van der Waals surface area (Å²) in [6.07, 6.45) is 0. The molecule has 0 aromatic heterocycles. The second-order valence-corrected chi connectivity index (χ2v) is 1.22. The molecule has 0 rings (SSSR count). The Hall–Kier alpha value is 2.11. The molecule has 8 N–H and O–H groups in total. The summed E-state index contributed by atoms with van der Waals surface area (Å²) in [7, 11) is -5.17. The topological polar surface area (TPSA) is 206 Å². The van der Waals surface area contributed by atoms with Gasteiger partial charge in [0, 0.05) is 10.4 Å². The van der Waals surface area contributed by atoms with Gasteiger partial charge in [0.2, 0.25) is 0 Å². The maximum Gasteiger partial charge on any atom is 2.00 e. The van der Waals surface area contributed by atoms with Crippen LogP contribution in [-0.2, 0) is 10.4 Å². The summed E-state index contributed by atoms with van der Waals surface area (Å²) in [6.45, 7) is 0. The van der Waals surface area contributed by atoms with E-state index in [-0.39, 0.29) is 96.3 Å². The van der Waals surface area contributed by atoms with Gasteiger partial charge in [-0.25, -0.2) is 0 Å². The third kappa shape index (κ3) is 278. The van der Waals surface area contributed by atoms with Crippen LogP contribution in [0.15, 0.2) is 0 Å². The third-order valence-electron chi connectivity index (χ3n) is 0. The average molecular weight is 232 g/mol. The predicted octanol–water partition coefficient (Wildman–Crippen LogP) is -8.01. The van der Waals surface area contributed by atoms with Crippen molar-refractivity contribution in [3.05, 3.63) is 0 Å². The van der Waals surface area contributed by atoms with E-state index < -0.39 is 10.4 Å². The predicted molar refractivity (Wildman–Crippen MR) is 30.7 cm³/mol. The quantitative estimate of drug-likeness (QED) is 0.226. The molecule has 0 aromatic rings.